The molecule has 0 amide bonds. The lowest BCUT2D eigenvalue weighted by atomic mass is 10.2. The molecule has 0 fully saturated rings. The highest BCUT2D eigenvalue weighted by atomic mass is 16.5. The summed E-state index contributed by atoms with van der Waals surface area (Å²) in [5, 5.41) is 0. The van der Waals surface area contributed by atoms with Gasteiger partial charge in [0, 0.05) is 6.20 Å². The van der Waals surface area contributed by atoms with Crippen LogP contribution in [0.25, 0.3) is 11.5 Å². The second kappa shape index (κ2) is 3.87. The molecule has 0 atom stereocenters. The quantitative estimate of drug-likeness (QED) is 0.678. The molecule has 2 aromatic rings. The van der Waals surface area contributed by atoms with Crippen LogP contribution in [0.15, 0.2) is 29.4 Å². The van der Waals surface area contributed by atoms with Crippen molar-refractivity contribution in [1.29, 1.82) is 0 Å². The zero-order valence-corrected chi connectivity index (χ0v) is 7.88. The Bertz CT molecular complexity index is 466. The Labute approximate surface area is 84.9 Å². The predicted molar refractivity (Wildman–Crippen MR) is 48.9 cm³/mol. The zero-order chi connectivity index (χ0) is 10.7. The van der Waals surface area contributed by atoms with Crippen LogP contribution in [-0.2, 0) is 4.74 Å². The minimum absolute atomic E-state index is 0.108. The zero-order valence-electron chi connectivity index (χ0n) is 7.88. The standard InChI is InChI=1S/C9H7N3O3/c1-14-9(13)7-8(15-5-12-7)6-2-3-10-4-11-6/h2-5H,1H3. The first-order valence-corrected chi connectivity index (χ1v) is 4.11. The summed E-state index contributed by atoms with van der Waals surface area (Å²) < 4.78 is 9.62. The summed E-state index contributed by atoms with van der Waals surface area (Å²) in [6, 6.07) is 1.62. The van der Waals surface area contributed by atoms with Crippen molar-refractivity contribution in [3.05, 3.63) is 30.7 Å². The number of rotatable bonds is 2. The Morgan fingerprint density at radius 2 is 2.33 bits per heavy atom. The molecule has 0 aliphatic carbocycles. The molecule has 0 aliphatic heterocycles. The SMILES string of the molecule is COC(=O)c1ncoc1-c1ccncn1. The molecular weight excluding hydrogens is 198 g/mol. The van der Waals surface area contributed by atoms with Gasteiger partial charge in [-0.15, -0.1) is 0 Å². The van der Waals surface area contributed by atoms with Gasteiger partial charge in [-0.1, -0.05) is 0 Å². The number of methoxy groups -OCH3 is 1. The second-order valence-electron chi connectivity index (χ2n) is 2.62. The van der Waals surface area contributed by atoms with Crippen LogP contribution < -0.4 is 0 Å². The van der Waals surface area contributed by atoms with Crippen molar-refractivity contribution in [2.24, 2.45) is 0 Å². The normalized spacial score (nSPS) is 9.93. The topological polar surface area (TPSA) is 78.1 Å². The fraction of sp³-hybridized carbons (Fsp3) is 0.111. The van der Waals surface area contributed by atoms with Gasteiger partial charge in [0.2, 0.25) is 0 Å². The Balaban J connectivity index is 2.46. The smallest absolute Gasteiger partial charge is 0.360 e. The van der Waals surface area contributed by atoms with Crippen molar-refractivity contribution < 1.29 is 13.9 Å². The van der Waals surface area contributed by atoms with Crippen LogP contribution in [0.4, 0.5) is 0 Å². The summed E-state index contributed by atoms with van der Waals surface area (Å²) in [5.41, 5.74) is 0.596. The van der Waals surface area contributed by atoms with Crippen molar-refractivity contribution in [3.8, 4) is 11.5 Å². The van der Waals surface area contributed by atoms with Gasteiger partial charge in [0.25, 0.3) is 0 Å². The molecule has 0 spiro atoms. The van der Waals surface area contributed by atoms with E-state index in [-0.39, 0.29) is 11.5 Å². The van der Waals surface area contributed by atoms with Crippen molar-refractivity contribution >= 4 is 5.97 Å². The van der Waals surface area contributed by atoms with E-state index in [0.29, 0.717) is 5.69 Å². The maximum atomic E-state index is 11.3. The summed E-state index contributed by atoms with van der Waals surface area (Å²) in [6.07, 6.45) is 4.08. The van der Waals surface area contributed by atoms with Crippen molar-refractivity contribution in [2.75, 3.05) is 7.11 Å². The Kier molecular flexibility index (Phi) is 2.40. The summed E-state index contributed by atoms with van der Waals surface area (Å²) in [5.74, 6) is -0.276. The van der Waals surface area contributed by atoms with Crippen LogP contribution in [0.1, 0.15) is 10.5 Å². The molecule has 0 aliphatic rings. The number of ether oxygens (including phenoxy) is 1. The summed E-state index contributed by atoms with van der Waals surface area (Å²) in [7, 11) is 1.28. The molecule has 2 heterocycles. The van der Waals surface area contributed by atoms with Gasteiger partial charge in [-0.2, -0.15) is 0 Å². The molecule has 0 N–H and O–H groups in total. The van der Waals surface area contributed by atoms with Gasteiger partial charge in [-0.05, 0) is 6.07 Å². The molecule has 2 aromatic heterocycles. The van der Waals surface area contributed by atoms with Gasteiger partial charge in [0.1, 0.15) is 12.0 Å². The molecule has 15 heavy (non-hydrogen) atoms. The van der Waals surface area contributed by atoms with E-state index in [2.05, 4.69) is 19.7 Å². The summed E-state index contributed by atoms with van der Waals surface area (Å²) >= 11 is 0. The molecule has 0 unspecified atom stereocenters. The Morgan fingerprint density at radius 1 is 1.47 bits per heavy atom. The van der Waals surface area contributed by atoms with Crippen LogP contribution in [0.2, 0.25) is 0 Å². The molecule has 0 saturated carbocycles. The fourth-order valence-corrected chi connectivity index (χ4v) is 1.09. The van der Waals surface area contributed by atoms with E-state index in [1.165, 1.54) is 19.8 Å². The lowest BCUT2D eigenvalue weighted by Gasteiger charge is -1.97. The number of esters is 1. The number of oxazole rings is 1. The Hall–Kier alpha value is -2.24. The molecule has 0 radical (unpaired) electrons. The lowest BCUT2D eigenvalue weighted by molar-refractivity contribution is 0.0595. The molecule has 76 valence electrons. The van der Waals surface area contributed by atoms with Crippen molar-refractivity contribution in [3.63, 3.8) is 0 Å². The van der Waals surface area contributed by atoms with Gasteiger partial charge in [-0.3, -0.25) is 0 Å². The van der Waals surface area contributed by atoms with Crippen LogP contribution in [0.3, 0.4) is 0 Å². The van der Waals surface area contributed by atoms with Crippen molar-refractivity contribution in [1.82, 2.24) is 15.0 Å². The first-order valence-electron chi connectivity index (χ1n) is 4.11. The second-order valence-corrected chi connectivity index (χ2v) is 2.62. The number of aromatic nitrogens is 3. The average molecular weight is 205 g/mol. The Morgan fingerprint density at radius 3 is 3.00 bits per heavy atom. The number of hydrogen-bond donors (Lipinski definition) is 0. The van der Waals surface area contributed by atoms with Crippen LogP contribution in [0.5, 0.6) is 0 Å². The average Bonchev–Trinajstić information content (AvgIpc) is 2.78. The molecule has 0 saturated heterocycles. The van der Waals surface area contributed by atoms with E-state index in [0.717, 1.165) is 0 Å². The minimum atomic E-state index is -0.558. The van der Waals surface area contributed by atoms with Gasteiger partial charge >= 0.3 is 5.97 Å². The fourth-order valence-electron chi connectivity index (χ4n) is 1.09. The highest BCUT2D eigenvalue weighted by Crippen LogP contribution is 2.20. The van der Waals surface area contributed by atoms with E-state index in [1.807, 2.05) is 0 Å². The third kappa shape index (κ3) is 1.69. The molecule has 0 aromatic carbocycles. The molecular formula is C9H7N3O3. The van der Waals surface area contributed by atoms with Crippen LogP contribution in [-0.4, -0.2) is 28.0 Å². The molecule has 6 heteroatoms. The van der Waals surface area contributed by atoms with E-state index in [9.17, 15) is 4.79 Å². The highest BCUT2D eigenvalue weighted by Gasteiger charge is 2.19. The summed E-state index contributed by atoms with van der Waals surface area (Å²) in [6.45, 7) is 0. The van der Waals surface area contributed by atoms with Gasteiger partial charge in [0.15, 0.2) is 17.8 Å². The van der Waals surface area contributed by atoms with Crippen LogP contribution in [0, 0.1) is 0 Å². The molecule has 0 bridgehead atoms. The largest absolute Gasteiger partial charge is 0.464 e. The van der Waals surface area contributed by atoms with Gasteiger partial charge in [-0.25, -0.2) is 19.7 Å². The minimum Gasteiger partial charge on any atom is -0.464 e. The third-order valence-corrected chi connectivity index (χ3v) is 1.76. The number of hydrogen-bond acceptors (Lipinski definition) is 6. The monoisotopic (exact) mass is 205 g/mol. The maximum Gasteiger partial charge on any atom is 0.360 e. The van der Waals surface area contributed by atoms with Gasteiger partial charge in [0.05, 0.1) is 7.11 Å². The first kappa shape index (κ1) is 9.32. The highest BCUT2D eigenvalue weighted by molar-refractivity contribution is 5.92. The lowest BCUT2D eigenvalue weighted by Crippen LogP contribution is -2.03. The van der Waals surface area contributed by atoms with Gasteiger partial charge < -0.3 is 9.15 Å². The van der Waals surface area contributed by atoms with E-state index >= 15 is 0 Å². The van der Waals surface area contributed by atoms with Crippen molar-refractivity contribution in [2.45, 2.75) is 0 Å². The number of carbonyl (C=O) groups is 1. The summed E-state index contributed by atoms with van der Waals surface area (Å²) in [4.78, 5) is 22.7. The number of carbonyl (C=O) groups excluding carboxylic acids is 1. The van der Waals surface area contributed by atoms with E-state index in [1.54, 1.807) is 12.3 Å². The predicted octanol–water partition coefficient (Wildman–Crippen LogP) is 0.918. The number of nitrogens with zero attached hydrogens (tertiary/aromatic N) is 3. The molecule has 2 rings (SSSR count). The van der Waals surface area contributed by atoms with E-state index < -0.39 is 5.97 Å². The molecule has 6 nitrogen and oxygen atoms in total. The third-order valence-electron chi connectivity index (χ3n) is 1.76. The van der Waals surface area contributed by atoms with Crippen LogP contribution >= 0.6 is 0 Å². The van der Waals surface area contributed by atoms with E-state index in [4.69, 9.17) is 4.42 Å². The first-order chi connectivity index (χ1) is 7.33. The maximum absolute atomic E-state index is 11.3.